The van der Waals surface area contributed by atoms with Crippen molar-refractivity contribution in [2.24, 2.45) is 0 Å². The normalized spacial score (nSPS) is 12.1. The number of methoxy groups -OCH3 is 1. The topological polar surface area (TPSA) is 69.6 Å². The Balaban J connectivity index is 1.79. The highest BCUT2D eigenvalue weighted by atomic mass is 32.1. The summed E-state index contributed by atoms with van der Waals surface area (Å²) in [7, 11) is 1.61. The predicted molar refractivity (Wildman–Crippen MR) is 86.6 cm³/mol. The Bertz CT molecular complexity index is 1060. The maximum atomic E-state index is 12.4. The molecule has 0 unspecified atom stereocenters. The van der Waals surface area contributed by atoms with Gasteiger partial charge in [-0.05, 0) is 36.4 Å². The Morgan fingerprint density at radius 2 is 2.09 bits per heavy atom. The molecule has 4 rings (SSSR count). The number of benzene rings is 1. The minimum Gasteiger partial charge on any atom is -0.497 e. The molecule has 0 bridgehead atoms. The van der Waals surface area contributed by atoms with Crippen molar-refractivity contribution in [2.75, 3.05) is 7.11 Å². The van der Waals surface area contributed by atoms with E-state index in [9.17, 15) is 4.79 Å². The van der Waals surface area contributed by atoms with Crippen LogP contribution in [0.2, 0.25) is 0 Å². The van der Waals surface area contributed by atoms with Crippen LogP contribution in [-0.2, 0) is 0 Å². The SMILES string of the molecule is COc1ccc(-c2nc3sc(=Cc4ccco4)c(=O)n3n2)cc1. The molecule has 0 spiro atoms. The van der Waals surface area contributed by atoms with E-state index >= 15 is 0 Å². The molecule has 4 aromatic rings. The third-order valence-electron chi connectivity index (χ3n) is 3.35. The minimum absolute atomic E-state index is 0.200. The monoisotopic (exact) mass is 325 g/mol. The van der Waals surface area contributed by atoms with Gasteiger partial charge in [0.15, 0.2) is 5.82 Å². The lowest BCUT2D eigenvalue weighted by Crippen LogP contribution is -2.23. The van der Waals surface area contributed by atoms with Gasteiger partial charge < -0.3 is 9.15 Å². The largest absolute Gasteiger partial charge is 0.497 e. The molecule has 0 saturated carbocycles. The first-order valence-corrected chi connectivity index (χ1v) is 7.65. The Hall–Kier alpha value is -2.93. The maximum absolute atomic E-state index is 12.4. The van der Waals surface area contributed by atoms with Gasteiger partial charge in [-0.25, -0.2) is 0 Å². The second-order valence-electron chi connectivity index (χ2n) is 4.79. The fourth-order valence-electron chi connectivity index (χ4n) is 2.20. The highest BCUT2D eigenvalue weighted by Crippen LogP contribution is 2.20. The van der Waals surface area contributed by atoms with E-state index in [1.807, 2.05) is 24.3 Å². The first kappa shape index (κ1) is 13.7. The fraction of sp³-hybridized carbons (Fsp3) is 0.0625. The van der Waals surface area contributed by atoms with E-state index in [0.717, 1.165) is 11.3 Å². The van der Waals surface area contributed by atoms with Gasteiger partial charge >= 0.3 is 0 Å². The van der Waals surface area contributed by atoms with E-state index in [1.54, 1.807) is 31.6 Å². The average molecular weight is 325 g/mol. The molecule has 0 atom stereocenters. The lowest BCUT2D eigenvalue weighted by atomic mass is 10.2. The first-order valence-electron chi connectivity index (χ1n) is 6.84. The molecule has 23 heavy (non-hydrogen) atoms. The predicted octanol–water partition coefficient (Wildman–Crippen LogP) is 1.97. The number of thiazole rings is 1. The van der Waals surface area contributed by atoms with Crippen molar-refractivity contribution >= 4 is 22.4 Å². The molecule has 114 valence electrons. The molecule has 6 nitrogen and oxygen atoms in total. The molecule has 7 heteroatoms. The van der Waals surface area contributed by atoms with Gasteiger partial charge in [-0.3, -0.25) is 4.79 Å². The van der Waals surface area contributed by atoms with Crippen LogP contribution in [0.15, 0.2) is 51.9 Å². The van der Waals surface area contributed by atoms with E-state index in [4.69, 9.17) is 9.15 Å². The van der Waals surface area contributed by atoms with Crippen molar-refractivity contribution in [2.45, 2.75) is 0 Å². The second-order valence-corrected chi connectivity index (χ2v) is 5.80. The molecular weight excluding hydrogens is 314 g/mol. The summed E-state index contributed by atoms with van der Waals surface area (Å²) in [5, 5.41) is 4.30. The number of hydrogen-bond donors (Lipinski definition) is 0. The van der Waals surface area contributed by atoms with Gasteiger partial charge in [0, 0.05) is 11.6 Å². The third-order valence-corrected chi connectivity index (χ3v) is 4.31. The van der Waals surface area contributed by atoms with Gasteiger partial charge in [0.25, 0.3) is 5.56 Å². The number of hydrogen-bond acceptors (Lipinski definition) is 6. The molecule has 3 heterocycles. The number of ether oxygens (including phenoxy) is 1. The second kappa shape index (κ2) is 5.36. The first-order chi connectivity index (χ1) is 11.2. The van der Waals surface area contributed by atoms with Crippen molar-refractivity contribution in [1.29, 1.82) is 0 Å². The Morgan fingerprint density at radius 3 is 2.74 bits per heavy atom. The molecule has 3 aromatic heterocycles. The number of fused-ring (bicyclic) bond motifs is 1. The molecule has 0 aliphatic heterocycles. The summed E-state index contributed by atoms with van der Waals surface area (Å²) >= 11 is 1.28. The van der Waals surface area contributed by atoms with E-state index in [-0.39, 0.29) is 5.56 Å². The Kier molecular flexibility index (Phi) is 3.20. The maximum Gasteiger partial charge on any atom is 0.291 e. The van der Waals surface area contributed by atoms with E-state index in [0.29, 0.717) is 21.1 Å². The van der Waals surface area contributed by atoms with Crippen LogP contribution >= 0.6 is 11.3 Å². The highest BCUT2D eigenvalue weighted by molar-refractivity contribution is 7.15. The fourth-order valence-corrected chi connectivity index (χ4v) is 3.09. The Morgan fingerprint density at radius 1 is 1.26 bits per heavy atom. The van der Waals surface area contributed by atoms with Crippen molar-refractivity contribution in [3.8, 4) is 17.1 Å². The third kappa shape index (κ3) is 2.40. The van der Waals surface area contributed by atoms with Gasteiger partial charge in [-0.1, -0.05) is 11.3 Å². The number of aromatic nitrogens is 3. The molecule has 0 amide bonds. The van der Waals surface area contributed by atoms with Crippen LogP contribution in [0.4, 0.5) is 0 Å². The van der Waals surface area contributed by atoms with Crippen LogP contribution in [0.5, 0.6) is 5.75 Å². The molecule has 0 fully saturated rings. The zero-order valence-corrected chi connectivity index (χ0v) is 12.9. The molecule has 0 aliphatic rings. The van der Waals surface area contributed by atoms with E-state index in [1.165, 1.54) is 15.9 Å². The molecule has 0 N–H and O–H groups in total. The number of furan rings is 1. The van der Waals surface area contributed by atoms with Crippen molar-refractivity contribution < 1.29 is 9.15 Å². The summed E-state index contributed by atoms with van der Waals surface area (Å²) in [5.41, 5.74) is 0.631. The number of rotatable bonds is 3. The van der Waals surface area contributed by atoms with Gasteiger partial charge in [0.05, 0.1) is 13.4 Å². The lowest BCUT2D eigenvalue weighted by molar-refractivity contribution is 0.415. The highest BCUT2D eigenvalue weighted by Gasteiger charge is 2.12. The van der Waals surface area contributed by atoms with E-state index in [2.05, 4.69) is 10.1 Å². The number of nitrogens with zero attached hydrogens (tertiary/aromatic N) is 3. The summed E-state index contributed by atoms with van der Waals surface area (Å²) in [4.78, 5) is 17.4. The van der Waals surface area contributed by atoms with Crippen LogP contribution < -0.4 is 14.8 Å². The van der Waals surface area contributed by atoms with Crippen LogP contribution in [0.3, 0.4) is 0 Å². The minimum atomic E-state index is -0.200. The van der Waals surface area contributed by atoms with Gasteiger partial charge in [0.2, 0.25) is 4.96 Å². The quantitative estimate of drug-likeness (QED) is 0.576. The van der Waals surface area contributed by atoms with Gasteiger partial charge in [-0.15, -0.1) is 5.10 Å². The average Bonchev–Trinajstić information content (AvgIpc) is 3.28. The lowest BCUT2D eigenvalue weighted by Gasteiger charge is -1.99. The molecular formula is C16H11N3O3S. The standard InChI is InChI=1S/C16H11N3O3S/c1-21-11-6-4-10(5-7-11)14-17-16-19(18-14)15(20)13(23-16)9-12-3-2-8-22-12/h2-9H,1H3. The van der Waals surface area contributed by atoms with Crippen LogP contribution in [0, 0.1) is 0 Å². The molecule has 0 saturated heterocycles. The van der Waals surface area contributed by atoms with Crippen LogP contribution in [0.25, 0.3) is 22.4 Å². The van der Waals surface area contributed by atoms with Gasteiger partial charge in [-0.2, -0.15) is 9.50 Å². The molecule has 0 aliphatic carbocycles. The van der Waals surface area contributed by atoms with Crippen LogP contribution in [0.1, 0.15) is 5.76 Å². The van der Waals surface area contributed by atoms with Gasteiger partial charge in [0.1, 0.15) is 16.0 Å². The van der Waals surface area contributed by atoms with Crippen molar-refractivity contribution in [3.05, 3.63) is 63.3 Å². The summed E-state index contributed by atoms with van der Waals surface area (Å²) < 4.78 is 12.2. The molecule has 0 radical (unpaired) electrons. The van der Waals surface area contributed by atoms with E-state index < -0.39 is 0 Å². The zero-order chi connectivity index (χ0) is 15.8. The summed E-state index contributed by atoms with van der Waals surface area (Å²) in [6.45, 7) is 0. The summed E-state index contributed by atoms with van der Waals surface area (Å²) in [6.07, 6.45) is 3.26. The van der Waals surface area contributed by atoms with Crippen molar-refractivity contribution in [1.82, 2.24) is 14.6 Å². The smallest absolute Gasteiger partial charge is 0.291 e. The molecule has 1 aromatic carbocycles. The summed E-state index contributed by atoms with van der Waals surface area (Å²) in [6, 6.07) is 10.9. The zero-order valence-electron chi connectivity index (χ0n) is 12.1. The van der Waals surface area contributed by atoms with Crippen molar-refractivity contribution in [3.63, 3.8) is 0 Å². The Labute approximate surface area is 134 Å². The summed E-state index contributed by atoms with van der Waals surface area (Å²) in [5.74, 6) is 1.90. The van der Waals surface area contributed by atoms with Crippen LogP contribution in [-0.4, -0.2) is 21.7 Å².